The summed E-state index contributed by atoms with van der Waals surface area (Å²) in [5.41, 5.74) is 1.19. The summed E-state index contributed by atoms with van der Waals surface area (Å²) >= 11 is 0. The highest BCUT2D eigenvalue weighted by atomic mass is 16.5. The fourth-order valence-corrected chi connectivity index (χ4v) is 4.42. The Balaban J connectivity index is 1.54. The number of hydrogen-bond donors (Lipinski definition) is 1. The molecule has 0 spiro atoms. The molecular weight excluding hydrogens is 364 g/mol. The van der Waals surface area contributed by atoms with E-state index in [1.165, 1.54) is 24.8 Å². The number of hydrogen-bond acceptors (Lipinski definition) is 3. The molecule has 2 aliphatic rings. The first-order chi connectivity index (χ1) is 13.9. The number of nitrogens with one attached hydrogen (secondary N) is 1. The molecule has 160 valence electrons. The molecule has 2 atom stereocenters. The predicted octanol–water partition coefficient (Wildman–Crippen LogP) is 4.26. The molecule has 2 amide bonds. The number of rotatable bonds is 6. The van der Waals surface area contributed by atoms with Crippen molar-refractivity contribution >= 4 is 11.8 Å². The third-order valence-corrected chi connectivity index (χ3v) is 6.24. The number of amides is 2. The number of nitrogens with zero attached hydrogens (tertiary/aromatic N) is 1. The average molecular weight is 401 g/mol. The first kappa shape index (κ1) is 21.7. The second-order valence-electron chi connectivity index (χ2n) is 8.95. The molecule has 0 aromatic heterocycles. The maximum atomic E-state index is 12.9. The van der Waals surface area contributed by atoms with Crippen LogP contribution >= 0.6 is 0 Å². The monoisotopic (exact) mass is 400 g/mol. The quantitative estimate of drug-likeness (QED) is 0.776. The number of carbonyl (C=O) groups is 2. The zero-order chi connectivity index (χ0) is 20.8. The fraction of sp³-hybridized carbons (Fsp3) is 0.667. The van der Waals surface area contributed by atoms with Crippen LogP contribution in [0.2, 0.25) is 0 Å². The lowest BCUT2D eigenvalue weighted by Gasteiger charge is -2.34. The van der Waals surface area contributed by atoms with Crippen molar-refractivity contribution in [3.63, 3.8) is 0 Å². The van der Waals surface area contributed by atoms with Gasteiger partial charge >= 0.3 is 0 Å². The van der Waals surface area contributed by atoms with E-state index in [2.05, 4.69) is 25.2 Å². The SMILES string of the molecule is CC(Oc1cccc(C(C)C)c1)C(=O)N1CCCC(C(=O)NC2CCCCC2)C1. The van der Waals surface area contributed by atoms with E-state index in [1.807, 2.05) is 23.1 Å². The summed E-state index contributed by atoms with van der Waals surface area (Å²) in [5.74, 6) is 1.12. The number of benzene rings is 1. The van der Waals surface area contributed by atoms with Gasteiger partial charge in [-0.25, -0.2) is 0 Å². The fourth-order valence-electron chi connectivity index (χ4n) is 4.42. The van der Waals surface area contributed by atoms with E-state index in [9.17, 15) is 9.59 Å². The van der Waals surface area contributed by atoms with Crippen LogP contribution < -0.4 is 10.1 Å². The minimum Gasteiger partial charge on any atom is -0.481 e. The van der Waals surface area contributed by atoms with Gasteiger partial charge in [-0.1, -0.05) is 45.2 Å². The first-order valence-corrected chi connectivity index (χ1v) is 11.3. The third-order valence-electron chi connectivity index (χ3n) is 6.24. The smallest absolute Gasteiger partial charge is 0.263 e. The maximum absolute atomic E-state index is 12.9. The van der Waals surface area contributed by atoms with Crippen molar-refractivity contribution in [1.29, 1.82) is 0 Å². The Morgan fingerprint density at radius 2 is 1.83 bits per heavy atom. The van der Waals surface area contributed by atoms with Crippen LogP contribution in [0.15, 0.2) is 24.3 Å². The van der Waals surface area contributed by atoms with Gasteiger partial charge in [0, 0.05) is 19.1 Å². The van der Waals surface area contributed by atoms with Gasteiger partial charge in [0.05, 0.1) is 5.92 Å². The van der Waals surface area contributed by atoms with Gasteiger partial charge in [0.25, 0.3) is 5.91 Å². The highest BCUT2D eigenvalue weighted by Gasteiger charge is 2.32. The van der Waals surface area contributed by atoms with E-state index in [0.717, 1.165) is 31.4 Å². The first-order valence-electron chi connectivity index (χ1n) is 11.3. The summed E-state index contributed by atoms with van der Waals surface area (Å²) in [6, 6.07) is 8.26. The zero-order valence-corrected chi connectivity index (χ0v) is 18.2. The molecule has 5 heteroatoms. The van der Waals surface area contributed by atoms with Gasteiger partial charge < -0.3 is 15.0 Å². The van der Waals surface area contributed by atoms with Crippen LogP contribution in [0.1, 0.15) is 77.2 Å². The Kier molecular flexibility index (Phi) is 7.57. The van der Waals surface area contributed by atoms with Gasteiger partial charge in [0.2, 0.25) is 5.91 Å². The Morgan fingerprint density at radius 3 is 2.55 bits per heavy atom. The number of ether oxygens (including phenoxy) is 1. The highest BCUT2D eigenvalue weighted by molar-refractivity contribution is 5.83. The standard InChI is InChI=1S/C24H36N2O3/c1-17(2)19-9-7-13-22(15-19)29-18(3)24(28)26-14-8-10-20(16-26)23(27)25-21-11-5-4-6-12-21/h7,9,13,15,17-18,20-21H,4-6,8,10-12,14,16H2,1-3H3,(H,25,27). The molecule has 1 saturated carbocycles. The summed E-state index contributed by atoms with van der Waals surface area (Å²) in [5, 5.41) is 3.23. The molecule has 1 saturated heterocycles. The molecule has 3 rings (SSSR count). The van der Waals surface area contributed by atoms with Crippen molar-refractivity contribution in [2.75, 3.05) is 13.1 Å². The largest absolute Gasteiger partial charge is 0.481 e. The van der Waals surface area contributed by atoms with Crippen LogP contribution in [-0.4, -0.2) is 41.9 Å². The highest BCUT2D eigenvalue weighted by Crippen LogP contribution is 2.23. The van der Waals surface area contributed by atoms with Crippen LogP contribution in [0.3, 0.4) is 0 Å². The molecule has 1 heterocycles. The van der Waals surface area contributed by atoms with Crippen LogP contribution in [0.25, 0.3) is 0 Å². The molecule has 0 radical (unpaired) electrons. The molecule has 29 heavy (non-hydrogen) atoms. The van der Waals surface area contributed by atoms with Gasteiger partial charge in [-0.15, -0.1) is 0 Å². The van der Waals surface area contributed by atoms with Crippen LogP contribution in [0.4, 0.5) is 0 Å². The molecular formula is C24H36N2O3. The Labute approximate surface area is 175 Å². The van der Waals surface area contributed by atoms with E-state index < -0.39 is 6.10 Å². The average Bonchev–Trinajstić information content (AvgIpc) is 2.74. The Hall–Kier alpha value is -2.04. The Morgan fingerprint density at radius 1 is 1.07 bits per heavy atom. The lowest BCUT2D eigenvalue weighted by Crippen LogP contribution is -2.50. The van der Waals surface area contributed by atoms with Gasteiger partial charge in [-0.3, -0.25) is 9.59 Å². The van der Waals surface area contributed by atoms with E-state index in [4.69, 9.17) is 4.74 Å². The van der Waals surface area contributed by atoms with Crippen molar-refractivity contribution < 1.29 is 14.3 Å². The maximum Gasteiger partial charge on any atom is 0.263 e. The van der Waals surface area contributed by atoms with Crippen molar-refractivity contribution in [2.45, 2.75) is 83.8 Å². The molecule has 1 aliphatic carbocycles. The minimum absolute atomic E-state index is 0.0323. The zero-order valence-electron chi connectivity index (χ0n) is 18.2. The van der Waals surface area contributed by atoms with Gasteiger partial charge in [0.15, 0.2) is 6.10 Å². The van der Waals surface area contributed by atoms with Gasteiger partial charge in [-0.05, 0) is 56.2 Å². The van der Waals surface area contributed by atoms with Crippen molar-refractivity contribution in [2.24, 2.45) is 5.92 Å². The second kappa shape index (κ2) is 10.1. The van der Waals surface area contributed by atoms with Gasteiger partial charge in [-0.2, -0.15) is 0 Å². The topological polar surface area (TPSA) is 58.6 Å². The molecule has 1 aliphatic heterocycles. The van der Waals surface area contributed by atoms with Crippen LogP contribution in [0.5, 0.6) is 5.75 Å². The second-order valence-corrected chi connectivity index (χ2v) is 8.95. The summed E-state index contributed by atoms with van der Waals surface area (Å²) in [6.45, 7) is 7.28. The predicted molar refractivity (Wildman–Crippen MR) is 115 cm³/mol. The summed E-state index contributed by atoms with van der Waals surface area (Å²) in [7, 11) is 0. The number of piperidine rings is 1. The van der Waals surface area contributed by atoms with Crippen LogP contribution in [0, 0.1) is 5.92 Å². The number of likely N-dealkylation sites (tertiary alicyclic amines) is 1. The molecule has 1 N–H and O–H groups in total. The van der Waals surface area contributed by atoms with Crippen molar-refractivity contribution in [3.05, 3.63) is 29.8 Å². The van der Waals surface area contributed by atoms with Crippen molar-refractivity contribution in [3.8, 4) is 5.75 Å². The molecule has 1 aromatic rings. The molecule has 1 aromatic carbocycles. The number of carbonyl (C=O) groups excluding carboxylic acids is 2. The molecule has 0 bridgehead atoms. The summed E-state index contributed by atoms with van der Waals surface area (Å²) in [4.78, 5) is 27.5. The molecule has 5 nitrogen and oxygen atoms in total. The normalized spacial score (nSPS) is 21.7. The summed E-state index contributed by atoms with van der Waals surface area (Å²) < 4.78 is 5.95. The van der Waals surface area contributed by atoms with E-state index in [1.54, 1.807) is 6.92 Å². The lowest BCUT2D eigenvalue weighted by molar-refractivity contribution is -0.141. The van der Waals surface area contributed by atoms with Gasteiger partial charge in [0.1, 0.15) is 5.75 Å². The summed E-state index contributed by atoms with van der Waals surface area (Å²) in [6.07, 6.45) is 7.01. The van der Waals surface area contributed by atoms with E-state index >= 15 is 0 Å². The Bertz CT molecular complexity index is 697. The third kappa shape index (κ3) is 5.97. The van der Waals surface area contributed by atoms with Crippen molar-refractivity contribution in [1.82, 2.24) is 10.2 Å². The molecule has 2 unspecified atom stereocenters. The van der Waals surface area contributed by atoms with E-state index in [0.29, 0.717) is 25.0 Å². The lowest BCUT2D eigenvalue weighted by atomic mass is 9.93. The van der Waals surface area contributed by atoms with Crippen LogP contribution in [-0.2, 0) is 9.59 Å². The molecule has 2 fully saturated rings. The minimum atomic E-state index is -0.558. The van der Waals surface area contributed by atoms with E-state index in [-0.39, 0.29) is 17.7 Å².